The molecule has 1 heterocycles. The molecule has 1 aliphatic carbocycles. The van der Waals surface area contributed by atoms with Gasteiger partial charge in [-0.1, -0.05) is 23.2 Å². The highest BCUT2D eigenvalue weighted by molar-refractivity contribution is 7.12. The van der Waals surface area contributed by atoms with E-state index < -0.39 is 0 Å². The van der Waals surface area contributed by atoms with Crippen LogP contribution in [0.15, 0.2) is 18.2 Å². The van der Waals surface area contributed by atoms with Gasteiger partial charge < -0.3 is 4.74 Å². The van der Waals surface area contributed by atoms with Crippen LogP contribution in [-0.2, 0) is 12.8 Å². The van der Waals surface area contributed by atoms with Gasteiger partial charge in [-0.25, -0.2) is 0 Å². The summed E-state index contributed by atoms with van der Waals surface area (Å²) < 4.78 is 5.18. The SMILES string of the molecule is COc1cc(Cl)c(C(Cl)c2cc3c(s2)CCCC3)cc1Cl. The van der Waals surface area contributed by atoms with E-state index in [0.717, 1.165) is 16.9 Å². The highest BCUT2D eigenvalue weighted by atomic mass is 35.5. The van der Waals surface area contributed by atoms with Gasteiger partial charge in [-0.2, -0.15) is 0 Å². The van der Waals surface area contributed by atoms with Crippen LogP contribution in [0.5, 0.6) is 5.75 Å². The largest absolute Gasteiger partial charge is 0.495 e. The van der Waals surface area contributed by atoms with Gasteiger partial charge in [0.1, 0.15) is 5.75 Å². The maximum absolute atomic E-state index is 6.65. The summed E-state index contributed by atoms with van der Waals surface area (Å²) in [5.74, 6) is 0.569. The molecule has 0 saturated carbocycles. The first-order valence-corrected chi connectivity index (χ1v) is 8.89. The number of thiophene rings is 1. The maximum atomic E-state index is 6.65. The first kappa shape index (κ1) is 15.5. The lowest BCUT2D eigenvalue weighted by molar-refractivity contribution is 0.415. The number of ether oxygens (including phenoxy) is 1. The zero-order valence-corrected chi connectivity index (χ0v) is 14.7. The molecule has 1 aromatic carbocycles. The Labute approximate surface area is 143 Å². The minimum Gasteiger partial charge on any atom is -0.495 e. The van der Waals surface area contributed by atoms with E-state index in [1.165, 1.54) is 29.7 Å². The molecule has 0 radical (unpaired) electrons. The third-order valence-electron chi connectivity index (χ3n) is 3.81. The molecule has 2 aromatic rings. The van der Waals surface area contributed by atoms with Gasteiger partial charge in [0.15, 0.2) is 0 Å². The Morgan fingerprint density at radius 1 is 1.10 bits per heavy atom. The number of hydrogen-bond acceptors (Lipinski definition) is 2. The molecule has 5 heteroatoms. The summed E-state index contributed by atoms with van der Waals surface area (Å²) in [5.41, 5.74) is 2.28. The number of fused-ring (bicyclic) bond motifs is 1. The molecule has 21 heavy (non-hydrogen) atoms. The van der Waals surface area contributed by atoms with E-state index >= 15 is 0 Å². The van der Waals surface area contributed by atoms with Gasteiger partial charge in [-0.15, -0.1) is 22.9 Å². The van der Waals surface area contributed by atoms with Crippen molar-refractivity contribution in [1.82, 2.24) is 0 Å². The Bertz CT molecular complexity index is 642. The highest BCUT2D eigenvalue weighted by Crippen LogP contribution is 2.43. The second kappa shape index (κ2) is 6.37. The third kappa shape index (κ3) is 3.05. The second-order valence-electron chi connectivity index (χ2n) is 5.18. The molecule has 0 fully saturated rings. The lowest BCUT2D eigenvalue weighted by atomic mass is 9.98. The zero-order chi connectivity index (χ0) is 15.0. The van der Waals surface area contributed by atoms with Crippen molar-refractivity contribution in [2.45, 2.75) is 31.1 Å². The number of rotatable bonds is 3. The predicted octanol–water partition coefficient (Wildman–Crippen LogP) is 6.27. The van der Waals surface area contributed by atoms with Crippen LogP contribution in [0.1, 0.15) is 39.1 Å². The number of halogens is 3. The normalized spacial score (nSPS) is 15.6. The summed E-state index contributed by atoms with van der Waals surface area (Å²) in [5, 5.41) is 0.850. The van der Waals surface area contributed by atoms with E-state index in [4.69, 9.17) is 39.5 Å². The van der Waals surface area contributed by atoms with Gasteiger partial charge >= 0.3 is 0 Å². The average Bonchev–Trinajstić information content (AvgIpc) is 2.92. The molecule has 1 aliphatic rings. The number of aryl methyl sites for hydroxylation is 2. The quantitative estimate of drug-likeness (QED) is 0.585. The van der Waals surface area contributed by atoms with Crippen LogP contribution < -0.4 is 4.74 Å². The second-order valence-corrected chi connectivity index (χ2v) is 7.59. The summed E-state index contributed by atoms with van der Waals surface area (Å²) in [6.45, 7) is 0. The lowest BCUT2D eigenvalue weighted by Crippen LogP contribution is -1.96. The molecule has 112 valence electrons. The maximum Gasteiger partial charge on any atom is 0.138 e. The molecule has 1 nitrogen and oxygen atoms in total. The molecule has 0 amide bonds. The van der Waals surface area contributed by atoms with E-state index in [-0.39, 0.29) is 5.38 Å². The molecule has 0 aliphatic heterocycles. The van der Waals surface area contributed by atoms with Crippen molar-refractivity contribution in [3.8, 4) is 5.75 Å². The molecular weight excluding hydrogens is 347 g/mol. The van der Waals surface area contributed by atoms with Crippen molar-refractivity contribution in [2.24, 2.45) is 0 Å². The molecule has 0 bridgehead atoms. The first-order valence-electron chi connectivity index (χ1n) is 6.88. The van der Waals surface area contributed by atoms with E-state index in [9.17, 15) is 0 Å². The number of hydrogen-bond donors (Lipinski definition) is 0. The lowest BCUT2D eigenvalue weighted by Gasteiger charge is -2.12. The Hall–Kier alpha value is -0.410. The van der Waals surface area contributed by atoms with Crippen LogP contribution in [0.25, 0.3) is 0 Å². The number of alkyl halides is 1. The van der Waals surface area contributed by atoms with Crippen molar-refractivity contribution in [1.29, 1.82) is 0 Å². The minimum atomic E-state index is -0.267. The summed E-state index contributed by atoms with van der Waals surface area (Å²) in [6, 6.07) is 5.76. The van der Waals surface area contributed by atoms with Crippen molar-refractivity contribution >= 4 is 46.1 Å². The van der Waals surface area contributed by atoms with E-state index in [0.29, 0.717) is 15.8 Å². The van der Waals surface area contributed by atoms with Gasteiger partial charge in [0.25, 0.3) is 0 Å². The van der Waals surface area contributed by atoms with E-state index in [2.05, 4.69) is 6.07 Å². The fourth-order valence-electron chi connectivity index (χ4n) is 2.69. The molecular formula is C16H15Cl3OS. The van der Waals surface area contributed by atoms with Crippen molar-refractivity contribution in [3.63, 3.8) is 0 Å². The van der Waals surface area contributed by atoms with E-state index in [1.54, 1.807) is 30.6 Å². The van der Waals surface area contributed by atoms with Crippen LogP contribution >= 0.6 is 46.1 Å². The Balaban J connectivity index is 1.96. The van der Waals surface area contributed by atoms with E-state index in [1.807, 2.05) is 0 Å². The summed E-state index contributed by atoms with van der Waals surface area (Å²) >= 11 is 21.0. The van der Waals surface area contributed by atoms with Crippen molar-refractivity contribution < 1.29 is 4.74 Å². The minimum absolute atomic E-state index is 0.267. The zero-order valence-electron chi connectivity index (χ0n) is 11.6. The van der Waals surface area contributed by atoms with Crippen LogP contribution in [0.4, 0.5) is 0 Å². The van der Waals surface area contributed by atoms with Crippen LogP contribution in [-0.4, -0.2) is 7.11 Å². The smallest absolute Gasteiger partial charge is 0.138 e. The fourth-order valence-corrected chi connectivity index (χ4v) is 4.89. The molecule has 1 unspecified atom stereocenters. The Kier molecular flexibility index (Phi) is 4.70. The summed E-state index contributed by atoms with van der Waals surface area (Å²) in [4.78, 5) is 2.62. The summed E-state index contributed by atoms with van der Waals surface area (Å²) in [7, 11) is 1.57. The predicted molar refractivity (Wildman–Crippen MR) is 91.7 cm³/mol. The van der Waals surface area contributed by atoms with Crippen molar-refractivity contribution in [2.75, 3.05) is 7.11 Å². The van der Waals surface area contributed by atoms with Crippen LogP contribution in [0, 0.1) is 0 Å². The summed E-state index contributed by atoms with van der Waals surface area (Å²) in [6.07, 6.45) is 4.87. The van der Waals surface area contributed by atoms with Gasteiger partial charge in [-0.05, 0) is 48.9 Å². The molecule has 3 rings (SSSR count). The highest BCUT2D eigenvalue weighted by Gasteiger charge is 2.22. The van der Waals surface area contributed by atoms with Crippen LogP contribution in [0.3, 0.4) is 0 Å². The first-order chi connectivity index (χ1) is 10.1. The van der Waals surface area contributed by atoms with Gasteiger partial charge in [0.05, 0.1) is 17.5 Å². The number of benzene rings is 1. The van der Waals surface area contributed by atoms with Crippen molar-refractivity contribution in [3.05, 3.63) is 49.1 Å². The van der Waals surface area contributed by atoms with Gasteiger partial charge in [-0.3, -0.25) is 0 Å². The molecule has 1 atom stereocenters. The molecule has 0 spiro atoms. The molecule has 0 saturated heterocycles. The van der Waals surface area contributed by atoms with Gasteiger partial charge in [0.2, 0.25) is 0 Å². The molecule has 0 N–H and O–H groups in total. The Morgan fingerprint density at radius 2 is 1.86 bits per heavy atom. The fraction of sp³-hybridized carbons (Fsp3) is 0.375. The molecule has 1 aromatic heterocycles. The standard InChI is InChI=1S/C16H15Cl3OS/c1-20-13-8-11(17)10(7-12(13)18)16(19)15-6-9-4-2-3-5-14(9)21-15/h6-8,16H,2-5H2,1H3. The monoisotopic (exact) mass is 360 g/mol. The number of methoxy groups -OCH3 is 1. The Morgan fingerprint density at radius 3 is 2.57 bits per heavy atom. The third-order valence-corrected chi connectivity index (χ3v) is 6.33. The topological polar surface area (TPSA) is 9.23 Å². The average molecular weight is 362 g/mol. The van der Waals surface area contributed by atoms with Gasteiger partial charge in [0, 0.05) is 20.8 Å². The van der Waals surface area contributed by atoms with Crippen LogP contribution in [0.2, 0.25) is 10.0 Å².